The van der Waals surface area contributed by atoms with E-state index in [9.17, 15) is 24.0 Å². The fourth-order valence-electron chi connectivity index (χ4n) is 2.45. The molecule has 0 aromatic carbocycles. The Labute approximate surface area is 155 Å². The molecule has 0 aromatic heterocycles. The van der Waals surface area contributed by atoms with Crippen LogP contribution in [0.15, 0.2) is 0 Å². The summed E-state index contributed by atoms with van der Waals surface area (Å²) < 4.78 is 30.5. The van der Waals surface area contributed by atoms with Gasteiger partial charge >= 0.3 is 29.8 Å². The molecule has 1 heterocycles. The second-order valence-corrected chi connectivity index (χ2v) is 5.51. The third-order valence-electron chi connectivity index (χ3n) is 3.20. The summed E-state index contributed by atoms with van der Waals surface area (Å²) in [5.74, 6) is -4.20. The number of carbonyl (C=O) groups is 5. The largest absolute Gasteiger partial charge is 0.464 e. The minimum absolute atomic E-state index is 0.0185. The van der Waals surface area contributed by atoms with E-state index in [0.717, 1.165) is 27.7 Å². The molecule has 1 saturated heterocycles. The summed E-state index contributed by atoms with van der Waals surface area (Å²) in [5, 5.41) is 0. The average Bonchev–Trinajstić information content (AvgIpc) is 2.51. The van der Waals surface area contributed by atoms with Gasteiger partial charge in [-0.15, -0.1) is 0 Å². The molecule has 0 spiro atoms. The third-order valence-corrected chi connectivity index (χ3v) is 3.20. The van der Waals surface area contributed by atoms with Gasteiger partial charge in [0.05, 0.1) is 6.61 Å². The minimum Gasteiger partial charge on any atom is -0.464 e. The van der Waals surface area contributed by atoms with E-state index in [1.807, 2.05) is 0 Å². The van der Waals surface area contributed by atoms with Crippen molar-refractivity contribution in [2.75, 3.05) is 6.61 Å². The van der Waals surface area contributed by atoms with Crippen LogP contribution in [0.5, 0.6) is 0 Å². The molecular formula is C16H22O11. The normalized spacial score (nSPS) is 27.1. The van der Waals surface area contributed by atoms with E-state index in [-0.39, 0.29) is 6.61 Å². The number of hydrogen-bond donors (Lipinski definition) is 0. The number of esters is 5. The third kappa shape index (κ3) is 6.51. The van der Waals surface area contributed by atoms with Gasteiger partial charge in [-0.25, -0.2) is 4.79 Å². The van der Waals surface area contributed by atoms with E-state index in [0.29, 0.717) is 0 Å². The Morgan fingerprint density at radius 1 is 0.704 bits per heavy atom. The zero-order valence-electron chi connectivity index (χ0n) is 15.6. The summed E-state index contributed by atoms with van der Waals surface area (Å²) in [5.41, 5.74) is 0. The van der Waals surface area contributed by atoms with Gasteiger partial charge < -0.3 is 28.4 Å². The monoisotopic (exact) mass is 390 g/mol. The van der Waals surface area contributed by atoms with Gasteiger partial charge in [0.15, 0.2) is 18.3 Å². The van der Waals surface area contributed by atoms with Crippen molar-refractivity contribution in [3.63, 3.8) is 0 Å². The zero-order chi connectivity index (χ0) is 20.7. The first-order valence-electron chi connectivity index (χ1n) is 8.07. The van der Waals surface area contributed by atoms with Crippen molar-refractivity contribution in [2.24, 2.45) is 0 Å². The predicted molar refractivity (Wildman–Crippen MR) is 83.7 cm³/mol. The number of hydrogen-bond acceptors (Lipinski definition) is 11. The van der Waals surface area contributed by atoms with E-state index in [1.165, 1.54) is 6.92 Å². The van der Waals surface area contributed by atoms with E-state index in [4.69, 9.17) is 28.4 Å². The zero-order valence-corrected chi connectivity index (χ0v) is 15.6. The van der Waals surface area contributed by atoms with E-state index in [1.54, 1.807) is 0 Å². The molecule has 1 fully saturated rings. The molecule has 27 heavy (non-hydrogen) atoms. The fourth-order valence-corrected chi connectivity index (χ4v) is 2.45. The van der Waals surface area contributed by atoms with Crippen LogP contribution in [-0.4, -0.2) is 67.2 Å². The molecule has 0 N–H and O–H groups in total. The lowest BCUT2D eigenvalue weighted by molar-refractivity contribution is -0.294. The van der Waals surface area contributed by atoms with Crippen LogP contribution in [0.1, 0.15) is 34.6 Å². The molecule has 1 aliphatic heterocycles. The van der Waals surface area contributed by atoms with Crippen molar-refractivity contribution in [1.29, 1.82) is 0 Å². The molecule has 0 saturated carbocycles. The van der Waals surface area contributed by atoms with Gasteiger partial charge in [0.2, 0.25) is 12.4 Å². The van der Waals surface area contributed by atoms with Crippen LogP contribution in [0.3, 0.4) is 0 Å². The van der Waals surface area contributed by atoms with Gasteiger partial charge in [-0.05, 0) is 6.92 Å². The Balaban J connectivity index is 3.38. The molecule has 0 bridgehead atoms. The SMILES string of the molecule is CCOC(=O)C1OC(OC(C)=O)C(OC(C)=O)C(OC(C)=O)C1OC(C)=O. The van der Waals surface area contributed by atoms with E-state index < -0.39 is 60.6 Å². The molecule has 0 radical (unpaired) electrons. The van der Waals surface area contributed by atoms with Crippen molar-refractivity contribution < 1.29 is 52.4 Å². The smallest absolute Gasteiger partial charge is 0.339 e. The Kier molecular flexibility index (Phi) is 8.16. The maximum Gasteiger partial charge on any atom is 0.339 e. The van der Waals surface area contributed by atoms with Gasteiger partial charge in [0, 0.05) is 27.7 Å². The highest BCUT2D eigenvalue weighted by atomic mass is 16.7. The number of rotatable bonds is 6. The summed E-state index contributed by atoms with van der Waals surface area (Å²) in [6, 6.07) is 0. The van der Waals surface area contributed by atoms with Gasteiger partial charge in [0.1, 0.15) is 0 Å². The lowest BCUT2D eigenvalue weighted by Crippen LogP contribution is -2.64. The van der Waals surface area contributed by atoms with Crippen LogP contribution in [0.4, 0.5) is 0 Å². The Morgan fingerprint density at radius 2 is 1.15 bits per heavy atom. The van der Waals surface area contributed by atoms with Gasteiger partial charge in [-0.3, -0.25) is 19.2 Å². The van der Waals surface area contributed by atoms with E-state index >= 15 is 0 Å². The Bertz CT molecular complexity index is 599. The van der Waals surface area contributed by atoms with Crippen molar-refractivity contribution in [3.8, 4) is 0 Å². The highest BCUT2D eigenvalue weighted by Crippen LogP contribution is 2.30. The molecule has 1 aliphatic rings. The van der Waals surface area contributed by atoms with Crippen LogP contribution < -0.4 is 0 Å². The van der Waals surface area contributed by atoms with Gasteiger partial charge in [0.25, 0.3) is 0 Å². The molecule has 0 aromatic rings. The average molecular weight is 390 g/mol. The maximum absolute atomic E-state index is 12.3. The van der Waals surface area contributed by atoms with Crippen molar-refractivity contribution in [2.45, 2.75) is 65.3 Å². The van der Waals surface area contributed by atoms with Crippen molar-refractivity contribution in [3.05, 3.63) is 0 Å². The predicted octanol–water partition coefficient (Wildman–Crippen LogP) is -0.367. The Morgan fingerprint density at radius 3 is 1.59 bits per heavy atom. The molecule has 0 amide bonds. The van der Waals surface area contributed by atoms with Gasteiger partial charge in [-0.1, -0.05) is 0 Å². The molecule has 11 heteroatoms. The quantitative estimate of drug-likeness (QED) is 0.433. The van der Waals surface area contributed by atoms with Crippen LogP contribution in [0.25, 0.3) is 0 Å². The van der Waals surface area contributed by atoms with Crippen LogP contribution in [0, 0.1) is 0 Å². The van der Waals surface area contributed by atoms with Crippen LogP contribution in [-0.2, 0) is 52.4 Å². The minimum atomic E-state index is -1.60. The summed E-state index contributed by atoms with van der Waals surface area (Å²) in [6.45, 7) is 5.77. The standard InChI is InChI=1S/C16H22O11/c1-6-22-15(21)13-11(23-7(2)17)12(24-8(3)18)14(25-9(4)19)16(27-13)26-10(5)20/h11-14,16H,6H2,1-5H3. The highest BCUT2D eigenvalue weighted by molar-refractivity contribution is 5.77. The van der Waals surface area contributed by atoms with Crippen LogP contribution >= 0.6 is 0 Å². The van der Waals surface area contributed by atoms with E-state index in [2.05, 4.69) is 0 Å². The van der Waals surface area contributed by atoms with Crippen molar-refractivity contribution in [1.82, 2.24) is 0 Å². The molecule has 1 rings (SSSR count). The van der Waals surface area contributed by atoms with Gasteiger partial charge in [-0.2, -0.15) is 0 Å². The molecule has 5 atom stereocenters. The van der Waals surface area contributed by atoms with Crippen LogP contribution in [0.2, 0.25) is 0 Å². The summed E-state index contributed by atoms with van der Waals surface area (Å²) >= 11 is 0. The second kappa shape index (κ2) is 9.86. The molecule has 5 unspecified atom stereocenters. The first-order valence-corrected chi connectivity index (χ1v) is 8.07. The number of ether oxygens (including phenoxy) is 6. The number of carbonyl (C=O) groups excluding carboxylic acids is 5. The van der Waals surface area contributed by atoms with Crippen molar-refractivity contribution >= 4 is 29.8 Å². The lowest BCUT2D eigenvalue weighted by atomic mass is 9.97. The fraction of sp³-hybridized carbons (Fsp3) is 0.688. The molecule has 152 valence electrons. The first kappa shape index (κ1) is 22.4. The molecule has 0 aliphatic carbocycles. The topological polar surface area (TPSA) is 141 Å². The first-order chi connectivity index (χ1) is 12.6. The summed E-state index contributed by atoms with van der Waals surface area (Å²) in [4.78, 5) is 58.1. The lowest BCUT2D eigenvalue weighted by Gasteiger charge is -2.42. The molecule has 11 nitrogen and oxygen atoms in total. The molecular weight excluding hydrogens is 368 g/mol. The Hall–Kier alpha value is -2.69. The highest BCUT2D eigenvalue weighted by Gasteiger charge is 2.56. The maximum atomic E-state index is 12.3. The summed E-state index contributed by atoms with van der Waals surface area (Å²) in [6.07, 6.45) is -7.65. The second-order valence-electron chi connectivity index (χ2n) is 5.51. The summed E-state index contributed by atoms with van der Waals surface area (Å²) in [7, 11) is 0.